The molecule has 0 aromatic heterocycles. The fourth-order valence-electron chi connectivity index (χ4n) is 3.01. The number of fused-ring (bicyclic) bond motifs is 1. The van der Waals surface area contributed by atoms with Crippen LogP contribution in [0.5, 0.6) is 11.5 Å². The highest BCUT2D eigenvalue weighted by Crippen LogP contribution is 2.32. The molecule has 9 nitrogen and oxygen atoms in total. The number of nitriles is 1. The number of nitrogens with zero attached hydrogens (tertiary/aromatic N) is 3. The largest absolute Gasteiger partial charge is 0.454 e. The SMILES string of the molecule is CC(C)(C)OC(=O)N1CCN(/C=C(/C#N)C(=O)NCc2ccc3c(c2)OCO3)CC1. The number of benzene rings is 1. The molecular weight excluding hydrogens is 388 g/mol. The van der Waals surface area contributed by atoms with Gasteiger partial charge in [0.05, 0.1) is 0 Å². The maximum Gasteiger partial charge on any atom is 0.410 e. The highest BCUT2D eigenvalue weighted by atomic mass is 16.7. The zero-order chi connectivity index (χ0) is 21.7. The van der Waals surface area contributed by atoms with E-state index in [1.165, 1.54) is 0 Å². The van der Waals surface area contributed by atoms with Crippen molar-refractivity contribution in [2.24, 2.45) is 0 Å². The lowest BCUT2D eigenvalue weighted by Gasteiger charge is -2.35. The molecule has 0 spiro atoms. The van der Waals surface area contributed by atoms with Gasteiger partial charge in [-0.15, -0.1) is 0 Å². The third-order valence-electron chi connectivity index (χ3n) is 4.53. The van der Waals surface area contributed by atoms with Crippen molar-refractivity contribution in [3.05, 3.63) is 35.5 Å². The first kappa shape index (κ1) is 21.3. The molecule has 160 valence electrons. The van der Waals surface area contributed by atoms with Gasteiger partial charge in [0.2, 0.25) is 6.79 Å². The van der Waals surface area contributed by atoms with Gasteiger partial charge in [-0.05, 0) is 38.5 Å². The summed E-state index contributed by atoms with van der Waals surface area (Å²) in [6.07, 6.45) is 1.19. The van der Waals surface area contributed by atoms with E-state index >= 15 is 0 Å². The molecule has 1 N–H and O–H groups in total. The fraction of sp³-hybridized carbons (Fsp3) is 0.476. The summed E-state index contributed by atoms with van der Waals surface area (Å²) in [5.41, 5.74) is 0.315. The summed E-state index contributed by atoms with van der Waals surface area (Å²) in [7, 11) is 0. The Morgan fingerprint density at radius 3 is 2.57 bits per heavy atom. The summed E-state index contributed by atoms with van der Waals surface area (Å²) in [4.78, 5) is 28.0. The van der Waals surface area contributed by atoms with Crippen molar-refractivity contribution in [2.75, 3.05) is 33.0 Å². The maximum absolute atomic E-state index is 12.4. The molecule has 1 aromatic rings. The molecule has 0 bridgehead atoms. The lowest BCUT2D eigenvalue weighted by atomic mass is 10.2. The molecule has 1 aromatic carbocycles. The van der Waals surface area contributed by atoms with E-state index in [1.54, 1.807) is 23.2 Å². The van der Waals surface area contributed by atoms with Crippen LogP contribution in [0.15, 0.2) is 30.0 Å². The number of hydrogen-bond donors (Lipinski definition) is 1. The van der Waals surface area contributed by atoms with Crippen molar-refractivity contribution in [2.45, 2.75) is 32.9 Å². The zero-order valence-corrected chi connectivity index (χ0v) is 17.4. The predicted octanol–water partition coefficient (Wildman–Crippen LogP) is 1.99. The summed E-state index contributed by atoms with van der Waals surface area (Å²) in [5, 5.41) is 12.1. The topological polar surface area (TPSA) is 104 Å². The van der Waals surface area contributed by atoms with Crippen molar-refractivity contribution >= 4 is 12.0 Å². The standard InChI is InChI=1S/C21H26N4O5/c1-21(2,3)30-20(27)25-8-6-24(7-9-25)13-16(11-22)19(26)23-12-15-4-5-17-18(10-15)29-14-28-17/h4-5,10,13H,6-9,12,14H2,1-3H3,(H,23,26)/b16-13-. The molecule has 9 heteroatoms. The Morgan fingerprint density at radius 1 is 1.20 bits per heavy atom. The van der Waals surface area contributed by atoms with Gasteiger partial charge < -0.3 is 29.3 Å². The number of ether oxygens (including phenoxy) is 3. The first-order valence-electron chi connectivity index (χ1n) is 9.76. The normalized spacial score (nSPS) is 16.1. The van der Waals surface area contributed by atoms with Gasteiger partial charge >= 0.3 is 6.09 Å². The molecule has 2 amide bonds. The third-order valence-corrected chi connectivity index (χ3v) is 4.53. The smallest absolute Gasteiger partial charge is 0.410 e. The Morgan fingerprint density at radius 2 is 1.90 bits per heavy atom. The van der Waals surface area contributed by atoms with Gasteiger partial charge in [-0.25, -0.2) is 4.79 Å². The average molecular weight is 414 g/mol. The molecule has 2 heterocycles. The van der Waals surface area contributed by atoms with Gasteiger partial charge in [0.25, 0.3) is 5.91 Å². The maximum atomic E-state index is 12.4. The minimum absolute atomic E-state index is 0.0152. The second-order valence-corrected chi connectivity index (χ2v) is 8.03. The van der Waals surface area contributed by atoms with E-state index in [2.05, 4.69) is 5.32 Å². The van der Waals surface area contributed by atoms with E-state index in [-0.39, 0.29) is 25.0 Å². The number of hydrogen-bond acceptors (Lipinski definition) is 7. The van der Waals surface area contributed by atoms with Gasteiger partial charge in [0.15, 0.2) is 11.5 Å². The average Bonchev–Trinajstić information content (AvgIpc) is 3.17. The van der Waals surface area contributed by atoms with Crippen LogP contribution >= 0.6 is 0 Å². The van der Waals surface area contributed by atoms with Crippen molar-refractivity contribution in [1.82, 2.24) is 15.1 Å². The first-order chi connectivity index (χ1) is 14.2. The fourth-order valence-corrected chi connectivity index (χ4v) is 3.01. The lowest BCUT2D eigenvalue weighted by molar-refractivity contribution is -0.117. The van der Waals surface area contributed by atoms with E-state index in [9.17, 15) is 14.9 Å². The van der Waals surface area contributed by atoms with E-state index < -0.39 is 11.5 Å². The quantitative estimate of drug-likeness (QED) is 0.593. The van der Waals surface area contributed by atoms with Gasteiger partial charge in [0.1, 0.15) is 17.2 Å². The zero-order valence-electron chi connectivity index (χ0n) is 17.4. The van der Waals surface area contributed by atoms with Crippen molar-refractivity contribution in [3.8, 4) is 17.6 Å². The molecule has 0 saturated carbocycles. The Balaban J connectivity index is 1.51. The van der Waals surface area contributed by atoms with Crippen LogP contribution in [-0.2, 0) is 16.1 Å². The second kappa shape index (κ2) is 8.95. The van der Waals surface area contributed by atoms with E-state index in [4.69, 9.17) is 14.2 Å². The molecule has 30 heavy (non-hydrogen) atoms. The molecule has 0 atom stereocenters. The Labute approximate surface area is 175 Å². The number of carbonyl (C=O) groups excluding carboxylic acids is 2. The van der Waals surface area contributed by atoms with E-state index in [1.807, 2.05) is 37.8 Å². The predicted molar refractivity (Wildman–Crippen MR) is 107 cm³/mol. The van der Waals surface area contributed by atoms with Gasteiger partial charge in [0, 0.05) is 38.9 Å². The van der Waals surface area contributed by atoms with Crippen LogP contribution < -0.4 is 14.8 Å². The summed E-state index contributed by atoms with van der Waals surface area (Å²) in [6, 6.07) is 7.37. The Kier molecular flexibility index (Phi) is 6.35. The Bertz CT molecular complexity index is 876. The van der Waals surface area contributed by atoms with Crippen molar-refractivity contribution in [3.63, 3.8) is 0 Å². The monoisotopic (exact) mass is 414 g/mol. The lowest BCUT2D eigenvalue weighted by Crippen LogP contribution is -2.48. The molecule has 2 aliphatic heterocycles. The van der Waals surface area contributed by atoms with Crippen LogP contribution in [-0.4, -0.2) is 60.4 Å². The van der Waals surface area contributed by atoms with Crippen LogP contribution in [0.4, 0.5) is 4.79 Å². The summed E-state index contributed by atoms with van der Waals surface area (Å²) >= 11 is 0. The van der Waals surface area contributed by atoms with Crippen LogP contribution in [0.2, 0.25) is 0 Å². The summed E-state index contributed by atoms with van der Waals surface area (Å²) in [6.45, 7) is 7.88. The summed E-state index contributed by atoms with van der Waals surface area (Å²) < 4.78 is 16.0. The van der Waals surface area contributed by atoms with Crippen LogP contribution in [0, 0.1) is 11.3 Å². The minimum Gasteiger partial charge on any atom is -0.454 e. The highest BCUT2D eigenvalue weighted by molar-refractivity contribution is 5.97. The third kappa shape index (κ3) is 5.56. The molecular formula is C21H26N4O5. The number of piperazine rings is 1. The molecule has 0 aliphatic carbocycles. The van der Waals surface area contributed by atoms with Gasteiger partial charge in [-0.1, -0.05) is 6.07 Å². The Hall–Kier alpha value is -3.41. The van der Waals surface area contributed by atoms with Crippen LogP contribution in [0.1, 0.15) is 26.3 Å². The van der Waals surface area contributed by atoms with Crippen molar-refractivity contribution < 1.29 is 23.8 Å². The molecule has 0 unspecified atom stereocenters. The van der Waals surface area contributed by atoms with Crippen molar-refractivity contribution in [1.29, 1.82) is 5.26 Å². The molecule has 1 fully saturated rings. The second-order valence-electron chi connectivity index (χ2n) is 8.03. The number of nitrogens with one attached hydrogen (secondary N) is 1. The molecule has 1 saturated heterocycles. The van der Waals surface area contributed by atoms with Crippen LogP contribution in [0.3, 0.4) is 0 Å². The van der Waals surface area contributed by atoms with Gasteiger partial charge in [-0.2, -0.15) is 5.26 Å². The van der Waals surface area contributed by atoms with E-state index in [0.29, 0.717) is 37.7 Å². The first-order valence-corrected chi connectivity index (χ1v) is 9.76. The van der Waals surface area contributed by atoms with E-state index in [0.717, 1.165) is 5.56 Å². The number of carbonyl (C=O) groups is 2. The van der Waals surface area contributed by atoms with Crippen LogP contribution in [0.25, 0.3) is 0 Å². The number of amides is 2. The molecule has 2 aliphatic rings. The molecule has 0 radical (unpaired) electrons. The number of rotatable bonds is 4. The molecule has 3 rings (SSSR count). The highest BCUT2D eigenvalue weighted by Gasteiger charge is 2.25. The summed E-state index contributed by atoms with van der Waals surface area (Å²) in [5.74, 6) is 0.860. The minimum atomic E-state index is -0.543. The van der Waals surface area contributed by atoms with Gasteiger partial charge in [-0.3, -0.25) is 4.79 Å².